The number of hydrogen-bond donors (Lipinski definition) is 2. The second-order valence-electron chi connectivity index (χ2n) is 3.28. The number of fused-ring (bicyclic) bond motifs is 1. The van der Waals surface area contributed by atoms with Gasteiger partial charge in [-0.1, -0.05) is 15.9 Å². The predicted molar refractivity (Wildman–Crippen MR) is 57.9 cm³/mol. The third-order valence-electron chi connectivity index (χ3n) is 2.39. The van der Waals surface area contributed by atoms with E-state index in [-0.39, 0.29) is 0 Å². The van der Waals surface area contributed by atoms with Crippen molar-refractivity contribution < 1.29 is 9.90 Å². The van der Waals surface area contributed by atoms with Crippen molar-refractivity contribution in [2.45, 2.75) is 12.8 Å². The molecule has 0 radical (unpaired) electrons. The summed E-state index contributed by atoms with van der Waals surface area (Å²) in [5, 5.41) is 12.1. The van der Waals surface area contributed by atoms with E-state index in [1.807, 2.05) is 0 Å². The standard InChI is InChI=1S/C10H10BrNO2/c11-8-4-3-7(10(13)14)9-6(8)2-1-5-12-9/h3-4,12H,1-2,5H2,(H,13,14). The normalized spacial score (nSPS) is 14.4. The number of carbonyl (C=O) groups is 1. The zero-order valence-corrected chi connectivity index (χ0v) is 9.10. The third-order valence-corrected chi connectivity index (χ3v) is 3.13. The van der Waals surface area contributed by atoms with Crippen molar-refractivity contribution in [3.05, 3.63) is 27.7 Å². The number of rotatable bonds is 1. The van der Waals surface area contributed by atoms with E-state index >= 15 is 0 Å². The largest absolute Gasteiger partial charge is 0.478 e. The summed E-state index contributed by atoms with van der Waals surface area (Å²) in [5.41, 5.74) is 2.22. The van der Waals surface area contributed by atoms with Gasteiger partial charge in [0.1, 0.15) is 0 Å². The van der Waals surface area contributed by atoms with Crippen molar-refractivity contribution in [2.24, 2.45) is 0 Å². The molecule has 2 N–H and O–H groups in total. The number of benzene rings is 1. The summed E-state index contributed by atoms with van der Waals surface area (Å²) in [5.74, 6) is -0.872. The molecule has 0 saturated carbocycles. The lowest BCUT2D eigenvalue weighted by Gasteiger charge is -2.20. The Morgan fingerprint density at radius 3 is 3.00 bits per heavy atom. The Balaban J connectivity index is 2.59. The van der Waals surface area contributed by atoms with E-state index in [2.05, 4.69) is 21.2 Å². The second kappa shape index (κ2) is 3.61. The molecule has 0 aliphatic carbocycles. The zero-order valence-electron chi connectivity index (χ0n) is 7.51. The second-order valence-corrected chi connectivity index (χ2v) is 4.14. The van der Waals surface area contributed by atoms with Crippen LogP contribution in [-0.4, -0.2) is 17.6 Å². The van der Waals surface area contributed by atoms with Crippen LogP contribution in [0.1, 0.15) is 22.3 Å². The van der Waals surface area contributed by atoms with Crippen molar-refractivity contribution >= 4 is 27.6 Å². The monoisotopic (exact) mass is 255 g/mol. The Bertz CT molecular complexity index is 390. The molecule has 0 unspecified atom stereocenters. The fourth-order valence-electron chi connectivity index (χ4n) is 1.73. The summed E-state index contributed by atoms with van der Waals surface area (Å²) in [6, 6.07) is 3.43. The van der Waals surface area contributed by atoms with Crippen molar-refractivity contribution in [3.8, 4) is 0 Å². The van der Waals surface area contributed by atoms with Crippen LogP contribution < -0.4 is 5.32 Å². The van der Waals surface area contributed by atoms with Crippen LogP contribution in [-0.2, 0) is 6.42 Å². The number of carboxylic acid groups (broad SMARTS) is 1. The molecule has 0 bridgehead atoms. The minimum Gasteiger partial charge on any atom is -0.478 e. The average Bonchev–Trinajstić information content (AvgIpc) is 2.18. The zero-order chi connectivity index (χ0) is 10.1. The Labute approximate surface area is 90.3 Å². The highest BCUT2D eigenvalue weighted by molar-refractivity contribution is 9.10. The molecule has 3 nitrogen and oxygen atoms in total. The van der Waals surface area contributed by atoms with E-state index in [1.54, 1.807) is 12.1 Å². The summed E-state index contributed by atoms with van der Waals surface area (Å²) in [6.45, 7) is 0.851. The first-order valence-corrected chi connectivity index (χ1v) is 5.28. The summed E-state index contributed by atoms with van der Waals surface area (Å²) in [7, 11) is 0. The summed E-state index contributed by atoms with van der Waals surface area (Å²) in [4.78, 5) is 10.9. The smallest absolute Gasteiger partial charge is 0.337 e. The molecule has 1 aromatic rings. The highest BCUT2D eigenvalue weighted by atomic mass is 79.9. The highest BCUT2D eigenvalue weighted by Gasteiger charge is 2.18. The summed E-state index contributed by atoms with van der Waals surface area (Å²) < 4.78 is 0.990. The summed E-state index contributed by atoms with van der Waals surface area (Å²) >= 11 is 3.43. The number of hydrogen-bond acceptors (Lipinski definition) is 2. The molecule has 2 rings (SSSR count). The first-order valence-electron chi connectivity index (χ1n) is 4.48. The summed E-state index contributed by atoms with van der Waals surface area (Å²) in [6.07, 6.45) is 1.98. The van der Waals surface area contributed by atoms with Crippen molar-refractivity contribution in [1.82, 2.24) is 0 Å². The van der Waals surface area contributed by atoms with Crippen LogP contribution >= 0.6 is 15.9 Å². The quantitative estimate of drug-likeness (QED) is 0.811. The maximum absolute atomic E-state index is 10.9. The van der Waals surface area contributed by atoms with E-state index in [9.17, 15) is 4.79 Å². The molecule has 0 atom stereocenters. The van der Waals surface area contributed by atoms with Gasteiger partial charge in [-0.25, -0.2) is 4.79 Å². The van der Waals surface area contributed by atoms with Crippen molar-refractivity contribution in [1.29, 1.82) is 0 Å². The van der Waals surface area contributed by atoms with Gasteiger partial charge in [0.25, 0.3) is 0 Å². The van der Waals surface area contributed by atoms with E-state index < -0.39 is 5.97 Å². The van der Waals surface area contributed by atoms with Gasteiger partial charge in [0.15, 0.2) is 0 Å². The molecule has 74 valence electrons. The molecule has 4 heteroatoms. The minimum atomic E-state index is -0.872. The molecule has 1 aliphatic rings. The number of halogens is 1. The van der Waals surface area contributed by atoms with Gasteiger partial charge >= 0.3 is 5.97 Å². The molecule has 0 fully saturated rings. The first kappa shape index (κ1) is 9.52. The van der Waals surface area contributed by atoms with E-state index in [0.29, 0.717) is 5.56 Å². The van der Waals surface area contributed by atoms with E-state index in [0.717, 1.165) is 35.1 Å². The predicted octanol–water partition coefficient (Wildman–Crippen LogP) is 2.51. The van der Waals surface area contributed by atoms with Gasteiger partial charge in [-0.3, -0.25) is 0 Å². The molecule has 0 aromatic heterocycles. The molecule has 1 aliphatic heterocycles. The molecule has 1 heterocycles. The number of anilines is 1. The Morgan fingerprint density at radius 1 is 1.50 bits per heavy atom. The van der Waals surface area contributed by atoms with Gasteiger partial charge in [0.05, 0.1) is 11.3 Å². The molecule has 0 saturated heterocycles. The molecular formula is C10H10BrNO2. The van der Waals surface area contributed by atoms with Gasteiger partial charge in [-0.2, -0.15) is 0 Å². The first-order chi connectivity index (χ1) is 6.70. The molecule has 1 aromatic carbocycles. The fourth-order valence-corrected chi connectivity index (χ4v) is 2.25. The Kier molecular flexibility index (Phi) is 2.46. The van der Waals surface area contributed by atoms with Gasteiger partial charge in [0, 0.05) is 11.0 Å². The van der Waals surface area contributed by atoms with Crippen LogP contribution in [0, 0.1) is 0 Å². The van der Waals surface area contributed by atoms with Crippen LogP contribution in [0.2, 0.25) is 0 Å². The van der Waals surface area contributed by atoms with Crippen LogP contribution in [0.4, 0.5) is 5.69 Å². The number of nitrogens with one attached hydrogen (secondary N) is 1. The van der Waals surface area contributed by atoms with E-state index in [1.165, 1.54) is 0 Å². The van der Waals surface area contributed by atoms with Crippen LogP contribution in [0.3, 0.4) is 0 Å². The highest BCUT2D eigenvalue weighted by Crippen LogP contribution is 2.32. The fraction of sp³-hybridized carbons (Fsp3) is 0.300. The number of aromatic carboxylic acids is 1. The topological polar surface area (TPSA) is 49.3 Å². The van der Waals surface area contributed by atoms with Gasteiger partial charge in [-0.15, -0.1) is 0 Å². The molecule has 14 heavy (non-hydrogen) atoms. The van der Waals surface area contributed by atoms with Crippen LogP contribution in [0.5, 0.6) is 0 Å². The van der Waals surface area contributed by atoms with Crippen LogP contribution in [0.15, 0.2) is 16.6 Å². The van der Waals surface area contributed by atoms with Gasteiger partial charge in [-0.05, 0) is 30.5 Å². The maximum Gasteiger partial charge on any atom is 0.337 e. The number of carboxylic acids is 1. The van der Waals surface area contributed by atoms with Gasteiger partial charge in [0.2, 0.25) is 0 Å². The Hall–Kier alpha value is -1.03. The Morgan fingerprint density at radius 2 is 2.29 bits per heavy atom. The molecule has 0 amide bonds. The SMILES string of the molecule is O=C(O)c1ccc(Br)c2c1NCCC2. The van der Waals surface area contributed by atoms with Crippen molar-refractivity contribution in [3.63, 3.8) is 0 Å². The lowest BCUT2D eigenvalue weighted by Crippen LogP contribution is -2.16. The van der Waals surface area contributed by atoms with E-state index in [4.69, 9.17) is 5.11 Å². The average molecular weight is 256 g/mol. The lowest BCUT2D eigenvalue weighted by molar-refractivity contribution is 0.0697. The maximum atomic E-state index is 10.9. The minimum absolute atomic E-state index is 0.364. The molecule has 0 spiro atoms. The lowest BCUT2D eigenvalue weighted by atomic mass is 9.99. The van der Waals surface area contributed by atoms with Gasteiger partial charge < -0.3 is 10.4 Å². The third kappa shape index (κ3) is 1.50. The van der Waals surface area contributed by atoms with Crippen molar-refractivity contribution in [2.75, 3.05) is 11.9 Å². The van der Waals surface area contributed by atoms with Crippen LogP contribution in [0.25, 0.3) is 0 Å². The molecular weight excluding hydrogens is 246 g/mol.